The smallest absolute Gasteiger partial charge is 0.357 e. The number of pyridine rings is 1. The van der Waals surface area contributed by atoms with Gasteiger partial charge in [-0.1, -0.05) is 42.0 Å². The molecule has 1 aliphatic carbocycles. The molecular weight excluding hydrogens is 329 g/mol. The highest BCUT2D eigenvalue weighted by Crippen LogP contribution is 2.44. The number of nitrogens with zero attached hydrogens (tertiary/aromatic N) is 1. The second-order valence-corrected chi connectivity index (χ2v) is 6.41. The molecule has 3 aromatic rings. The number of fused-ring (bicyclic) bond motifs is 3. The van der Waals surface area contributed by atoms with E-state index in [0.717, 1.165) is 27.8 Å². The molecule has 0 N–H and O–H groups in total. The van der Waals surface area contributed by atoms with Crippen molar-refractivity contribution < 1.29 is 13.9 Å². The monoisotopic (exact) mass is 347 g/mol. The Morgan fingerprint density at radius 2 is 1.96 bits per heavy atom. The van der Waals surface area contributed by atoms with Gasteiger partial charge in [0.15, 0.2) is 5.69 Å². The zero-order valence-electron chi connectivity index (χ0n) is 14.7. The highest BCUT2D eigenvalue weighted by molar-refractivity contribution is 5.98. The first-order valence-electron chi connectivity index (χ1n) is 8.64. The summed E-state index contributed by atoms with van der Waals surface area (Å²) in [6, 6.07) is 12.8. The van der Waals surface area contributed by atoms with Crippen LogP contribution in [0.1, 0.15) is 34.1 Å². The maximum Gasteiger partial charge on any atom is 0.357 e. The second-order valence-electron chi connectivity index (χ2n) is 6.41. The summed E-state index contributed by atoms with van der Waals surface area (Å²) in [6.45, 7) is 4.09. The molecule has 1 heterocycles. The van der Waals surface area contributed by atoms with Gasteiger partial charge in [-0.25, -0.2) is 14.2 Å². The summed E-state index contributed by atoms with van der Waals surface area (Å²) < 4.78 is 19.6. The van der Waals surface area contributed by atoms with E-state index in [-0.39, 0.29) is 12.4 Å². The van der Waals surface area contributed by atoms with E-state index in [1.54, 1.807) is 31.3 Å². The Bertz CT molecular complexity index is 1030. The molecule has 0 radical (unpaired) electrons. The first-order valence-corrected chi connectivity index (χ1v) is 8.64. The summed E-state index contributed by atoms with van der Waals surface area (Å²) >= 11 is 0. The molecule has 0 saturated carbocycles. The van der Waals surface area contributed by atoms with Gasteiger partial charge in [-0.3, -0.25) is 0 Å². The topological polar surface area (TPSA) is 39.2 Å². The number of carbonyl (C=O) groups is 1. The predicted molar refractivity (Wildman–Crippen MR) is 98.6 cm³/mol. The summed E-state index contributed by atoms with van der Waals surface area (Å²) in [7, 11) is 0. The number of esters is 1. The highest BCUT2D eigenvalue weighted by Gasteiger charge is 2.29. The van der Waals surface area contributed by atoms with Crippen LogP contribution in [0.15, 0.2) is 48.7 Å². The lowest BCUT2D eigenvalue weighted by Gasteiger charge is -2.13. The van der Waals surface area contributed by atoms with Crippen LogP contribution in [0.25, 0.3) is 22.3 Å². The van der Waals surface area contributed by atoms with Gasteiger partial charge in [-0.2, -0.15) is 0 Å². The molecule has 0 unspecified atom stereocenters. The molecule has 0 amide bonds. The molecule has 4 heteroatoms. The van der Waals surface area contributed by atoms with Gasteiger partial charge in [0, 0.05) is 23.7 Å². The van der Waals surface area contributed by atoms with E-state index >= 15 is 0 Å². The lowest BCUT2D eigenvalue weighted by molar-refractivity contribution is 0.0518. The third kappa shape index (κ3) is 2.58. The van der Waals surface area contributed by atoms with Gasteiger partial charge in [-0.15, -0.1) is 0 Å². The molecule has 1 aromatic heterocycles. The number of aromatic nitrogens is 1. The fraction of sp³-hybridized carbons (Fsp3) is 0.182. The predicted octanol–water partition coefficient (Wildman–Crippen LogP) is 4.94. The Kier molecular flexibility index (Phi) is 4.03. The number of benzene rings is 2. The molecule has 2 aromatic carbocycles. The highest BCUT2D eigenvalue weighted by atomic mass is 19.1. The lowest BCUT2D eigenvalue weighted by Crippen LogP contribution is -2.11. The van der Waals surface area contributed by atoms with Crippen molar-refractivity contribution in [1.82, 2.24) is 4.98 Å². The number of hydrogen-bond acceptors (Lipinski definition) is 3. The molecule has 26 heavy (non-hydrogen) atoms. The maximum absolute atomic E-state index is 14.4. The Balaban J connectivity index is 1.99. The van der Waals surface area contributed by atoms with Crippen molar-refractivity contribution >= 4 is 5.97 Å². The molecule has 0 fully saturated rings. The minimum Gasteiger partial charge on any atom is -0.461 e. The fourth-order valence-corrected chi connectivity index (χ4v) is 3.59. The largest absolute Gasteiger partial charge is 0.461 e. The van der Waals surface area contributed by atoms with Gasteiger partial charge in [0.1, 0.15) is 5.82 Å². The quantitative estimate of drug-likeness (QED) is 0.493. The van der Waals surface area contributed by atoms with Crippen LogP contribution >= 0.6 is 0 Å². The Morgan fingerprint density at radius 1 is 1.15 bits per heavy atom. The van der Waals surface area contributed by atoms with Crippen LogP contribution < -0.4 is 0 Å². The van der Waals surface area contributed by atoms with Crippen LogP contribution in [0, 0.1) is 12.7 Å². The summed E-state index contributed by atoms with van der Waals surface area (Å²) in [6.07, 6.45) is 2.17. The molecule has 0 bridgehead atoms. The molecule has 0 spiro atoms. The normalized spacial score (nSPS) is 11.8. The zero-order chi connectivity index (χ0) is 18.3. The van der Waals surface area contributed by atoms with Crippen LogP contribution in [0.5, 0.6) is 0 Å². The van der Waals surface area contributed by atoms with Crippen molar-refractivity contribution in [3.8, 4) is 22.3 Å². The van der Waals surface area contributed by atoms with Crippen LogP contribution in [-0.2, 0) is 11.2 Å². The number of aryl methyl sites for hydroxylation is 1. The molecule has 0 aliphatic heterocycles. The molecule has 0 atom stereocenters. The van der Waals surface area contributed by atoms with E-state index in [9.17, 15) is 9.18 Å². The molecule has 4 rings (SSSR count). The molecule has 130 valence electrons. The number of hydrogen-bond donors (Lipinski definition) is 0. The van der Waals surface area contributed by atoms with Crippen molar-refractivity contribution in [2.24, 2.45) is 0 Å². The van der Waals surface area contributed by atoms with E-state index in [0.29, 0.717) is 23.2 Å². The number of ether oxygens (including phenoxy) is 1. The Hall–Kier alpha value is -3.01. The fourth-order valence-electron chi connectivity index (χ4n) is 3.59. The van der Waals surface area contributed by atoms with Gasteiger partial charge in [0.2, 0.25) is 0 Å². The second kappa shape index (κ2) is 6.37. The van der Waals surface area contributed by atoms with Crippen LogP contribution in [-0.4, -0.2) is 17.6 Å². The SMILES string of the molecule is CCOC(=O)c1ncc(-c2ccccc2F)c2c1Cc1cc(C)ccc1-2. The van der Waals surface area contributed by atoms with Crippen LogP contribution in [0.4, 0.5) is 4.39 Å². The Labute approximate surface area is 151 Å². The van der Waals surface area contributed by atoms with E-state index in [1.165, 1.54) is 6.07 Å². The minimum absolute atomic E-state index is 0.288. The van der Waals surface area contributed by atoms with Crippen LogP contribution in [0.2, 0.25) is 0 Å². The molecule has 0 saturated heterocycles. The Morgan fingerprint density at radius 3 is 2.73 bits per heavy atom. The van der Waals surface area contributed by atoms with Gasteiger partial charge >= 0.3 is 5.97 Å². The first-order chi connectivity index (χ1) is 12.6. The third-order valence-electron chi connectivity index (χ3n) is 4.71. The van der Waals surface area contributed by atoms with Gasteiger partial charge in [0.05, 0.1) is 6.61 Å². The average Bonchev–Trinajstić information content (AvgIpc) is 3.00. The van der Waals surface area contributed by atoms with Crippen molar-refractivity contribution in [3.63, 3.8) is 0 Å². The van der Waals surface area contributed by atoms with Gasteiger partial charge in [-0.05, 0) is 42.2 Å². The van der Waals surface area contributed by atoms with E-state index < -0.39 is 5.97 Å². The maximum atomic E-state index is 14.4. The summed E-state index contributed by atoms with van der Waals surface area (Å²) in [4.78, 5) is 16.7. The summed E-state index contributed by atoms with van der Waals surface area (Å²) in [5, 5.41) is 0. The number of rotatable bonds is 3. The minimum atomic E-state index is -0.437. The van der Waals surface area contributed by atoms with Gasteiger partial charge in [0.25, 0.3) is 0 Å². The summed E-state index contributed by atoms with van der Waals surface area (Å²) in [5.74, 6) is -0.741. The number of carbonyl (C=O) groups excluding carboxylic acids is 1. The standard InChI is InChI=1S/C22H18FNO2/c1-3-26-22(25)21-17-11-14-10-13(2)8-9-15(14)20(17)18(12-24-21)16-6-4-5-7-19(16)23/h4-10,12H,3,11H2,1-2H3. The van der Waals surface area contributed by atoms with E-state index in [2.05, 4.69) is 11.1 Å². The van der Waals surface area contributed by atoms with Crippen molar-refractivity contribution in [2.75, 3.05) is 6.61 Å². The first kappa shape index (κ1) is 16.5. The van der Waals surface area contributed by atoms with E-state index in [1.807, 2.05) is 19.1 Å². The van der Waals surface area contributed by atoms with Crippen LogP contribution in [0.3, 0.4) is 0 Å². The number of halogens is 1. The van der Waals surface area contributed by atoms with Crippen molar-refractivity contribution in [1.29, 1.82) is 0 Å². The van der Waals surface area contributed by atoms with Gasteiger partial charge < -0.3 is 4.74 Å². The molecule has 3 nitrogen and oxygen atoms in total. The third-order valence-corrected chi connectivity index (χ3v) is 4.71. The van der Waals surface area contributed by atoms with Crippen molar-refractivity contribution in [2.45, 2.75) is 20.3 Å². The zero-order valence-corrected chi connectivity index (χ0v) is 14.7. The van der Waals surface area contributed by atoms with E-state index in [4.69, 9.17) is 4.74 Å². The van der Waals surface area contributed by atoms with Crippen molar-refractivity contribution in [3.05, 3.63) is 76.9 Å². The molecular formula is C22H18FNO2. The summed E-state index contributed by atoms with van der Waals surface area (Å²) in [5.41, 5.74) is 6.49. The molecule has 1 aliphatic rings. The lowest BCUT2D eigenvalue weighted by atomic mass is 9.94. The average molecular weight is 347 g/mol.